The Balaban J connectivity index is 1.92. The van der Waals surface area contributed by atoms with Gasteiger partial charge in [-0.25, -0.2) is 0 Å². The number of carbonyl (C=O) groups excluding carboxylic acids is 1. The van der Waals surface area contributed by atoms with E-state index in [9.17, 15) is 4.79 Å². The van der Waals surface area contributed by atoms with Gasteiger partial charge in [-0.2, -0.15) is 0 Å². The summed E-state index contributed by atoms with van der Waals surface area (Å²) in [6.07, 6.45) is 0. The van der Waals surface area contributed by atoms with Crippen LogP contribution in [0.15, 0.2) is 53.0 Å². The second kappa shape index (κ2) is 6.91. The van der Waals surface area contributed by atoms with E-state index in [1.165, 1.54) is 0 Å². The number of para-hydroxylation sites is 2. The molecular formula is C14H12BrIN2O. The van der Waals surface area contributed by atoms with Crippen molar-refractivity contribution in [1.82, 2.24) is 0 Å². The summed E-state index contributed by atoms with van der Waals surface area (Å²) in [6, 6.07) is 15.4. The molecule has 0 spiro atoms. The van der Waals surface area contributed by atoms with Gasteiger partial charge in [0.15, 0.2) is 0 Å². The molecule has 0 radical (unpaired) electrons. The molecule has 0 aliphatic carbocycles. The van der Waals surface area contributed by atoms with Crippen LogP contribution in [0.4, 0.5) is 11.4 Å². The Kier molecular flexibility index (Phi) is 5.21. The van der Waals surface area contributed by atoms with Crippen LogP contribution in [-0.4, -0.2) is 12.5 Å². The molecule has 1 amide bonds. The Morgan fingerprint density at radius 2 is 1.68 bits per heavy atom. The second-order valence-corrected chi connectivity index (χ2v) is 5.88. The fourth-order valence-electron chi connectivity index (χ4n) is 1.54. The van der Waals surface area contributed by atoms with Crippen LogP contribution in [0.25, 0.3) is 0 Å². The number of amides is 1. The van der Waals surface area contributed by atoms with Gasteiger partial charge in [0.25, 0.3) is 0 Å². The van der Waals surface area contributed by atoms with Gasteiger partial charge in [-0.15, -0.1) is 0 Å². The molecule has 0 fully saturated rings. The number of nitrogens with one attached hydrogen (secondary N) is 2. The zero-order chi connectivity index (χ0) is 13.7. The lowest BCUT2D eigenvalue weighted by atomic mass is 10.3. The highest BCUT2D eigenvalue weighted by Gasteiger charge is 2.05. The van der Waals surface area contributed by atoms with Gasteiger partial charge in [-0.3, -0.25) is 4.79 Å². The van der Waals surface area contributed by atoms with Crippen molar-refractivity contribution >= 4 is 55.8 Å². The van der Waals surface area contributed by atoms with Crippen LogP contribution in [0, 0.1) is 3.57 Å². The van der Waals surface area contributed by atoms with E-state index in [0.29, 0.717) is 0 Å². The minimum Gasteiger partial charge on any atom is -0.375 e. The Morgan fingerprint density at radius 3 is 2.37 bits per heavy atom. The summed E-state index contributed by atoms with van der Waals surface area (Å²) >= 11 is 5.63. The van der Waals surface area contributed by atoms with Crippen molar-refractivity contribution in [3.05, 3.63) is 56.6 Å². The topological polar surface area (TPSA) is 41.1 Å². The van der Waals surface area contributed by atoms with Crippen LogP contribution < -0.4 is 10.6 Å². The zero-order valence-corrected chi connectivity index (χ0v) is 13.7. The molecule has 0 bridgehead atoms. The number of anilines is 2. The van der Waals surface area contributed by atoms with Gasteiger partial charge in [0, 0.05) is 13.7 Å². The smallest absolute Gasteiger partial charge is 0.243 e. The first-order chi connectivity index (χ1) is 9.16. The molecule has 0 aromatic heterocycles. The van der Waals surface area contributed by atoms with Crippen molar-refractivity contribution in [1.29, 1.82) is 0 Å². The van der Waals surface area contributed by atoms with Gasteiger partial charge in [-0.1, -0.05) is 24.3 Å². The maximum absolute atomic E-state index is 11.9. The molecule has 5 heteroatoms. The number of hydrogen-bond acceptors (Lipinski definition) is 2. The standard InChI is InChI=1S/C14H12BrIN2O/c15-10-5-1-3-7-12(10)18-14(19)9-17-13-8-4-2-6-11(13)16/h1-8,17H,9H2,(H,18,19). The fraction of sp³-hybridized carbons (Fsp3) is 0.0714. The van der Waals surface area contributed by atoms with E-state index in [1.807, 2.05) is 48.5 Å². The average Bonchev–Trinajstić information content (AvgIpc) is 2.40. The van der Waals surface area contributed by atoms with Crippen molar-refractivity contribution < 1.29 is 4.79 Å². The van der Waals surface area contributed by atoms with E-state index >= 15 is 0 Å². The summed E-state index contributed by atoms with van der Waals surface area (Å²) in [5, 5.41) is 5.97. The molecule has 0 aliphatic rings. The molecular weight excluding hydrogens is 419 g/mol. The third-order valence-electron chi connectivity index (χ3n) is 2.46. The van der Waals surface area contributed by atoms with E-state index in [4.69, 9.17) is 0 Å². The lowest BCUT2D eigenvalue weighted by Gasteiger charge is -2.10. The molecule has 0 saturated carbocycles. The molecule has 2 rings (SSSR count). The maximum atomic E-state index is 11.9. The summed E-state index contributed by atoms with van der Waals surface area (Å²) in [5.74, 6) is -0.0773. The first kappa shape index (κ1) is 14.3. The highest BCUT2D eigenvalue weighted by atomic mass is 127. The highest BCUT2D eigenvalue weighted by Crippen LogP contribution is 2.21. The van der Waals surface area contributed by atoms with Gasteiger partial charge in [-0.05, 0) is 62.8 Å². The van der Waals surface area contributed by atoms with Crippen LogP contribution in [0.2, 0.25) is 0 Å². The molecule has 0 heterocycles. The zero-order valence-electron chi connectivity index (χ0n) is 9.99. The lowest BCUT2D eigenvalue weighted by molar-refractivity contribution is -0.114. The summed E-state index contributed by atoms with van der Waals surface area (Å²) < 4.78 is 1.96. The van der Waals surface area contributed by atoms with E-state index in [-0.39, 0.29) is 12.5 Å². The lowest BCUT2D eigenvalue weighted by Crippen LogP contribution is -2.22. The predicted octanol–water partition coefficient (Wildman–Crippen LogP) is 4.10. The van der Waals surface area contributed by atoms with Crippen molar-refractivity contribution in [2.75, 3.05) is 17.2 Å². The summed E-state index contributed by atoms with van der Waals surface area (Å²) in [6.45, 7) is 0.237. The Hall–Kier alpha value is -1.08. The largest absolute Gasteiger partial charge is 0.375 e. The SMILES string of the molecule is O=C(CNc1ccccc1I)Nc1ccccc1Br. The number of halogens is 2. The van der Waals surface area contributed by atoms with Crippen molar-refractivity contribution in [2.24, 2.45) is 0 Å². The molecule has 3 nitrogen and oxygen atoms in total. The first-order valence-electron chi connectivity index (χ1n) is 5.69. The Morgan fingerprint density at radius 1 is 1.05 bits per heavy atom. The van der Waals surface area contributed by atoms with Gasteiger partial charge in [0.05, 0.1) is 12.2 Å². The van der Waals surface area contributed by atoms with Crippen LogP contribution >= 0.6 is 38.5 Å². The number of benzene rings is 2. The Labute approximate surface area is 134 Å². The van der Waals surface area contributed by atoms with Crippen molar-refractivity contribution in [2.45, 2.75) is 0 Å². The van der Waals surface area contributed by atoms with E-state index in [1.54, 1.807) is 0 Å². The molecule has 2 N–H and O–H groups in total. The van der Waals surface area contributed by atoms with Crippen molar-refractivity contribution in [3.8, 4) is 0 Å². The number of carbonyl (C=O) groups is 1. The molecule has 0 unspecified atom stereocenters. The minimum absolute atomic E-state index is 0.0773. The highest BCUT2D eigenvalue weighted by molar-refractivity contribution is 14.1. The predicted molar refractivity (Wildman–Crippen MR) is 90.4 cm³/mol. The fourth-order valence-corrected chi connectivity index (χ4v) is 2.50. The van der Waals surface area contributed by atoms with Crippen LogP contribution in [-0.2, 0) is 4.79 Å². The molecule has 0 saturated heterocycles. The summed E-state index contributed by atoms with van der Waals surface area (Å²) in [5.41, 5.74) is 1.74. The first-order valence-corrected chi connectivity index (χ1v) is 7.57. The monoisotopic (exact) mass is 430 g/mol. The molecule has 2 aromatic carbocycles. The number of rotatable bonds is 4. The van der Waals surface area contributed by atoms with Crippen LogP contribution in [0.1, 0.15) is 0 Å². The minimum atomic E-state index is -0.0773. The van der Waals surface area contributed by atoms with Crippen LogP contribution in [0.3, 0.4) is 0 Å². The second-order valence-electron chi connectivity index (χ2n) is 3.86. The molecule has 0 aliphatic heterocycles. The van der Waals surface area contributed by atoms with Crippen LogP contribution in [0.5, 0.6) is 0 Å². The Bertz CT molecular complexity index is 589. The summed E-state index contributed by atoms with van der Waals surface area (Å²) in [4.78, 5) is 11.9. The van der Waals surface area contributed by atoms with Gasteiger partial charge in [0.2, 0.25) is 5.91 Å². The van der Waals surface area contributed by atoms with Gasteiger partial charge in [0.1, 0.15) is 0 Å². The number of hydrogen-bond donors (Lipinski definition) is 2. The summed E-state index contributed by atoms with van der Waals surface area (Å²) in [7, 11) is 0. The molecule has 0 atom stereocenters. The van der Waals surface area contributed by atoms with E-state index in [2.05, 4.69) is 49.2 Å². The quantitative estimate of drug-likeness (QED) is 0.717. The third-order valence-corrected chi connectivity index (χ3v) is 4.09. The van der Waals surface area contributed by atoms with Gasteiger partial charge >= 0.3 is 0 Å². The molecule has 98 valence electrons. The molecule has 2 aromatic rings. The van der Waals surface area contributed by atoms with Crippen molar-refractivity contribution in [3.63, 3.8) is 0 Å². The van der Waals surface area contributed by atoms with Gasteiger partial charge < -0.3 is 10.6 Å². The third kappa shape index (κ3) is 4.21. The average molecular weight is 431 g/mol. The normalized spacial score (nSPS) is 10.0. The molecule has 19 heavy (non-hydrogen) atoms. The van der Waals surface area contributed by atoms with E-state index < -0.39 is 0 Å². The van der Waals surface area contributed by atoms with E-state index in [0.717, 1.165) is 19.4 Å². The maximum Gasteiger partial charge on any atom is 0.243 e.